The molecule has 2 N–H and O–H groups in total. The largest absolute Gasteiger partial charge is 0.459 e. The molecule has 0 bridgehead atoms. The summed E-state index contributed by atoms with van der Waals surface area (Å²) < 4.78 is 9.60. The van der Waals surface area contributed by atoms with Crippen molar-refractivity contribution in [1.82, 2.24) is 0 Å². The molecule has 108 valence electrons. The molecule has 0 fully saturated rings. The lowest BCUT2D eigenvalue weighted by Crippen LogP contribution is -2.14. The topological polar surface area (TPSA) is 93.1 Å². The number of hydrogen-bond donors (Lipinski definition) is 2. The van der Waals surface area contributed by atoms with Gasteiger partial charge in [-0.15, -0.1) is 0 Å². The van der Waals surface area contributed by atoms with Crippen LogP contribution < -0.4 is 0 Å². The number of carbonyl (C=O) groups is 2. The lowest BCUT2D eigenvalue weighted by molar-refractivity contribution is -0.147. The van der Waals surface area contributed by atoms with Gasteiger partial charge in [0.25, 0.3) is 0 Å². The summed E-state index contributed by atoms with van der Waals surface area (Å²) >= 11 is 0. The molecular weight excluding hydrogens is 252 g/mol. The van der Waals surface area contributed by atoms with Gasteiger partial charge in [-0.3, -0.25) is 0 Å². The van der Waals surface area contributed by atoms with Crippen molar-refractivity contribution >= 4 is 11.9 Å². The minimum Gasteiger partial charge on any atom is -0.459 e. The summed E-state index contributed by atoms with van der Waals surface area (Å²) in [7, 11) is 0. The molecule has 0 radical (unpaired) electrons. The predicted octanol–water partition coefficient (Wildman–Crippen LogP) is 0.686. The number of aliphatic hydroxyl groups is 2. The van der Waals surface area contributed by atoms with E-state index in [1.54, 1.807) is 13.0 Å². The molecule has 0 atom stereocenters. The van der Waals surface area contributed by atoms with Gasteiger partial charge in [0.05, 0.1) is 0 Å². The van der Waals surface area contributed by atoms with Crippen LogP contribution in [0.2, 0.25) is 0 Å². The van der Waals surface area contributed by atoms with Gasteiger partial charge in [-0.2, -0.15) is 0 Å². The molecule has 0 aromatic carbocycles. The fourth-order valence-corrected chi connectivity index (χ4v) is 1.04. The Morgan fingerprint density at radius 3 is 2.16 bits per heavy atom. The molecule has 0 heterocycles. The van der Waals surface area contributed by atoms with Gasteiger partial charge >= 0.3 is 11.9 Å². The zero-order valence-electron chi connectivity index (χ0n) is 11.2. The van der Waals surface area contributed by atoms with Crippen molar-refractivity contribution in [1.29, 1.82) is 0 Å². The molecule has 0 aromatic heterocycles. The van der Waals surface area contributed by atoms with Crippen molar-refractivity contribution in [2.75, 3.05) is 13.2 Å². The SMILES string of the molecule is C=C(C)C(=O)OCCOC(=O)C(C)=CCCC(O)O. The second-order valence-electron chi connectivity index (χ2n) is 4.00. The van der Waals surface area contributed by atoms with Crippen LogP contribution in [0.15, 0.2) is 23.8 Å². The molecule has 6 heteroatoms. The molecule has 0 saturated heterocycles. The molecular formula is C13H20O6. The molecule has 0 spiro atoms. The van der Waals surface area contributed by atoms with Gasteiger partial charge in [-0.25, -0.2) is 9.59 Å². The molecule has 0 aliphatic heterocycles. The van der Waals surface area contributed by atoms with Crippen LogP contribution in [0.5, 0.6) is 0 Å². The second-order valence-corrected chi connectivity index (χ2v) is 4.00. The third-order valence-electron chi connectivity index (χ3n) is 2.10. The van der Waals surface area contributed by atoms with E-state index in [2.05, 4.69) is 6.58 Å². The number of ether oxygens (including phenoxy) is 2. The molecule has 0 rings (SSSR count). The van der Waals surface area contributed by atoms with E-state index in [4.69, 9.17) is 19.7 Å². The minimum absolute atomic E-state index is 0.0277. The number of aliphatic hydroxyl groups excluding tert-OH is 1. The van der Waals surface area contributed by atoms with E-state index >= 15 is 0 Å². The lowest BCUT2D eigenvalue weighted by Gasteiger charge is -2.06. The second kappa shape index (κ2) is 9.29. The summed E-state index contributed by atoms with van der Waals surface area (Å²) in [5.74, 6) is -1.06. The third kappa shape index (κ3) is 8.98. The average molecular weight is 272 g/mol. The molecule has 0 saturated carbocycles. The first-order valence-electron chi connectivity index (χ1n) is 5.87. The maximum absolute atomic E-state index is 11.4. The van der Waals surface area contributed by atoms with E-state index in [0.29, 0.717) is 12.0 Å². The number of esters is 2. The standard InChI is InChI=1S/C13H20O6/c1-9(2)12(16)18-7-8-19-13(17)10(3)5-4-6-11(14)15/h5,11,14-15H,1,4,6-8H2,2-3H3. The third-order valence-corrected chi connectivity index (χ3v) is 2.10. The first-order valence-corrected chi connectivity index (χ1v) is 5.87. The molecule has 0 amide bonds. The van der Waals surface area contributed by atoms with Crippen molar-refractivity contribution in [2.24, 2.45) is 0 Å². The van der Waals surface area contributed by atoms with E-state index in [1.165, 1.54) is 6.92 Å². The molecule has 0 unspecified atom stereocenters. The van der Waals surface area contributed by atoms with Gasteiger partial charge in [-0.1, -0.05) is 12.7 Å². The maximum Gasteiger partial charge on any atom is 0.333 e. The van der Waals surface area contributed by atoms with Crippen molar-refractivity contribution < 1.29 is 29.3 Å². The molecule has 19 heavy (non-hydrogen) atoms. The summed E-state index contributed by atoms with van der Waals surface area (Å²) in [6.45, 7) is 6.44. The van der Waals surface area contributed by atoms with Crippen LogP contribution in [0, 0.1) is 0 Å². The van der Waals surface area contributed by atoms with Gasteiger partial charge in [0, 0.05) is 17.6 Å². The van der Waals surface area contributed by atoms with Crippen LogP contribution in [-0.2, 0) is 19.1 Å². The Hall–Kier alpha value is -1.66. The van der Waals surface area contributed by atoms with Crippen LogP contribution in [-0.4, -0.2) is 41.7 Å². The molecule has 0 aliphatic rings. The van der Waals surface area contributed by atoms with Gasteiger partial charge in [0.15, 0.2) is 6.29 Å². The van der Waals surface area contributed by atoms with Crippen molar-refractivity contribution in [3.63, 3.8) is 0 Å². The highest BCUT2D eigenvalue weighted by Crippen LogP contribution is 2.03. The summed E-state index contributed by atoms with van der Waals surface area (Å²) in [6, 6.07) is 0. The fraction of sp³-hybridized carbons (Fsp3) is 0.538. The van der Waals surface area contributed by atoms with Crippen molar-refractivity contribution in [3.05, 3.63) is 23.8 Å². The number of hydrogen-bond acceptors (Lipinski definition) is 6. The van der Waals surface area contributed by atoms with E-state index < -0.39 is 18.2 Å². The van der Waals surface area contributed by atoms with Crippen molar-refractivity contribution in [3.8, 4) is 0 Å². The van der Waals surface area contributed by atoms with Crippen molar-refractivity contribution in [2.45, 2.75) is 33.0 Å². The van der Waals surface area contributed by atoms with E-state index in [1.807, 2.05) is 0 Å². The highest BCUT2D eigenvalue weighted by molar-refractivity contribution is 5.88. The highest BCUT2D eigenvalue weighted by atomic mass is 16.6. The normalized spacial score (nSPS) is 11.3. The summed E-state index contributed by atoms with van der Waals surface area (Å²) in [4.78, 5) is 22.4. The maximum atomic E-state index is 11.4. The molecule has 0 aromatic rings. The Balaban J connectivity index is 3.85. The molecule has 6 nitrogen and oxygen atoms in total. The van der Waals surface area contributed by atoms with Gasteiger partial charge in [0.2, 0.25) is 0 Å². The van der Waals surface area contributed by atoms with E-state index in [9.17, 15) is 9.59 Å². The number of rotatable bonds is 8. The summed E-state index contributed by atoms with van der Waals surface area (Å²) in [5, 5.41) is 17.3. The monoisotopic (exact) mass is 272 g/mol. The fourth-order valence-electron chi connectivity index (χ4n) is 1.04. The zero-order chi connectivity index (χ0) is 14.8. The predicted molar refractivity (Wildman–Crippen MR) is 67.9 cm³/mol. The van der Waals surface area contributed by atoms with E-state index in [-0.39, 0.29) is 25.2 Å². The van der Waals surface area contributed by atoms with Gasteiger partial charge in [-0.05, 0) is 20.3 Å². The van der Waals surface area contributed by atoms with Crippen LogP contribution in [0.3, 0.4) is 0 Å². The summed E-state index contributed by atoms with van der Waals surface area (Å²) in [6.07, 6.45) is 0.688. The minimum atomic E-state index is -1.39. The van der Waals surface area contributed by atoms with Crippen LogP contribution in [0.25, 0.3) is 0 Å². The molecule has 0 aliphatic carbocycles. The Kier molecular flexibility index (Phi) is 8.48. The zero-order valence-corrected chi connectivity index (χ0v) is 11.2. The Morgan fingerprint density at radius 2 is 1.68 bits per heavy atom. The van der Waals surface area contributed by atoms with Crippen LogP contribution >= 0.6 is 0 Å². The lowest BCUT2D eigenvalue weighted by atomic mass is 10.2. The quantitative estimate of drug-likeness (QED) is 0.292. The highest BCUT2D eigenvalue weighted by Gasteiger charge is 2.07. The van der Waals surface area contributed by atoms with Gasteiger partial charge in [0.1, 0.15) is 13.2 Å². The van der Waals surface area contributed by atoms with Crippen LogP contribution in [0.1, 0.15) is 26.7 Å². The smallest absolute Gasteiger partial charge is 0.333 e. The van der Waals surface area contributed by atoms with E-state index in [0.717, 1.165) is 0 Å². The Labute approximate surface area is 112 Å². The number of allylic oxidation sites excluding steroid dienone is 1. The first-order chi connectivity index (χ1) is 8.84. The summed E-state index contributed by atoms with van der Waals surface area (Å²) in [5.41, 5.74) is 0.650. The number of carbonyl (C=O) groups excluding carboxylic acids is 2. The Bertz CT molecular complexity index is 356. The average Bonchev–Trinajstić information content (AvgIpc) is 2.33. The first kappa shape index (κ1) is 17.3. The Morgan fingerprint density at radius 1 is 1.16 bits per heavy atom. The van der Waals surface area contributed by atoms with Gasteiger partial charge < -0.3 is 19.7 Å². The van der Waals surface area contributed by atoms with Crippen LogP contribution in [0.4, 0.5) is 0 Å².